The van der Waals surface area contributed by atoms with Crippen LogP contribution in [0.25, 0.3) is 0 Å². The van der Waals surface area contributed by atoms with Crippen molar-refractivity contribution >= 4 is 12.6 Å². The highest BCUT2D eigenvalue weighted by Crippen LogP contribution is 2.42. The van der Waals surface area contributed by atoms with Crippen LogP contribution < -0.4 is 11.1 Å². The molecule has 0 radical (unpaired) electrons. The molecular formula is C14H12N4S. The van der Waals surface area contributed by atoms with Gasteiger partial charge in [-0.3, -0.25) is 0 Å². The molecule has 2 rings (SSSR count). The summed E-state index contributed by atoms with van der Waals surface area (Å²) < 4.78 is 0. The summed E-state index contributed by atoms with van der Waals surface area (Å²) in [5, 5.41) is 21.9. The van der Waals surface area contributed by atoms with Crippen LogP contribution in [0.2, 0.25) is 0 Å². The maximum absolute atomic E-state index is 9.39. The fourth-order valence-electron chi connectivity index (χ4n) is 2.28. The van der Waals surface area contributed by atoms with Crippen molar-refractivity contribution in [3.05, 3.63) is 57.9 Å². The summed E-state index contributed by atoms with van der Waals surface area (Å²) in [5.41, 5.74) is 6.53. The number of hydrogen-bond acceptors (Lipinski definition) is 5. The average Bonchev–Trinajstić information content (AvgIpc) is 2.40. The molecule has 94 valence electrons. The first-order valence-electron chi connectivity index (χ1n) is 5.62. The Balaban J connectivity index is 2.78. The van der Waals surface area contributed by atoms with Gasteiger partial charge in [-0.1, -0.05) is 30.3 Å². The number of nitrogens with zero attached hydrogens (tertiary/aromatic N) is 2. The Morgan fingerprint density at radius 1 is 1.16 bits per heavy atom. The van der Waals surface area contributed by atoms with Gasteiger partial charge in [-0.15, -0.1) is 12.6 Å². The summed E-state index contributed by atoms with van der Waals surface area (Å²) in [6.07, 6.45) is 0. The van der Waals surface area contributed by atoms with Crippen LogP contribution in [0.15, 0.2) is 52.3 Å². The molecule has 1 aromatic rings. The van der Waals surface area contributed by atoms with E-state index >= 15 is 0 Å². The highest BCUT2D eigenvalue weighted by molar-refractivity contribution is 7.84. The van der Waals surface area contributed by atoms with E-state index in [1.54, 1.807) is 0 Å². The third-order valence-electron chi connectivity index (χ3n) is 3.33. The van der Waals surface area contributed by atoms with Gasteiger partial charge >= 0.3 is 0 Å². The van der Waals surface area contributed by atoms with Crippen LogP contribution in [0.4, 0.5) is 0 Å². The molecule has 0 fully saturated rings. The van der Waals surface area contributed by atoms with Crippen molar-refractivity contribution in [2.45, 2.75) is 12.3 Å². The highest BCUT2D eigenvalue weighted by atomic mass is 32.1. The second-order valence-electron chi connectivity index (χ2n) is 4.35. The minimum Gasteiger partial charge on any atom is -0.384 e. The predicted octanol–water partition coefficient (Wildman–Crippen LogP) is 1.91. The van der Waals surface area contributed by atoms with Crippen LogP contribution in [-0.4, -0.2) is 0 Å². The Hall–Kier alpha value is -2.37. The zero-order chi connectivity index (χ0) is 14.0. The van der Waals surface area contributed by atoms with Gasteiger partial charge in [-0.2, -0.15) is 10.5 Å². The molecule has 3 N–H and O–H groups in total. The molecule has 19 heavy (non-hydrogen) atoms. The molecule has 5 heteroatoms. The maximum Gasteiger partial charge on any atom is 0.116 e. The zero-order valence-corrected chi connectivity index (χ0v) is 11.2. The first-order chi connectivity index (χ1) is 9.05. The molecule has 0 unspecified atom stereocenters. The molecule has 0 aliphatic carbocycles. The third-order valence-corrected chi connectivity index (χ3v) is 3.67. The molecule has 1 aliphatic heterocycles. The van der Waals surface area contributed by atoms with Crippen molar-refractivity contribution in [1.29, 1.82) is 10.5 Å². The van der Waals surface area contributed by atoms with E-state index in [1.807, 2.05) is 37.3 Å². The largest absolute Gasteiger partial charge is 0.384 e. The second-order valence-corrected chi connectivity index (χ2v) is 4.80. The zero-order valence-electron chi connectivity index (χ0n) is 10.3. The lowest BCUT2D eigenvalue weighted by Crippen LogP contribution is -2.38. The van der Waals surface area contributed by atoms with E-state index in [2.05, 4.69) is 30.1 Å². The Morgan fingerprint density at radius 2 is 1.74 bits per heavy atom. The van der Waals surface area contributed by atoms with Gasteiger partial charge in [0.25, 0.3) is 0 Å². The smallest absolute Gasteiger partial charge is 0.116 e. The minimum absolute atomic E-state index is 0.234. The molecule has 4 nitrogen and oxygen atoms in total. The Labute approximate surface area is 117 Å². The van der Waals surface area contributed by atoms with Gasteiger partial charge in [-0.05, 0) is 12.5 Å². The lowest BCUT2D eigenvalue weighted by Gasteiger charge is -2.34. The van der Waals surface area contributed by atoms with Gasteiger partial charge < -0.3 is 11.1 Å². The summed E-state index contributed by atoms with van der Waals surface area (Å²) in [7, 11) is 0. The molecule has 1 atom stereocenters. The molecule has 1 aromatic carbocycles. The Morgan fingerprint density at radius 3 is 2.26 bits per heavy atom. The number of dihydropyridines is 1. The van der Waals surface area contributed by atoms with Gasteiger partial charge in [0, 0.05) is 0 Å². The Bertz CT molecular complexity index is 623. The van der Waals surface area contributed by atoms with E-state index in [1.165, 1.54) is 0 Å². The lowest BCUT2D eigenvalue weighted by molar-refractivity contribution is 0.648. The molecule has 1 heterocycles. The van der Waals surface area contributed by atoms with Crippen molar-refractivity contribution in [2.75, 3.05) is 0 Å². The molecule has 1 aliphatic rings. The van der Waals surface area contributed by atoms with E-state index in [0.717, 1.165) is 5.56 Å². The van der Waals surface area contributed by atoms with Crippen LogP contribution in [-0.2, 0) is 5.41 Å². The molecular weight excluding hydrogens is 256 g/mol. The van der Waals surface area contributed by atoms with Crippen LogP contribution >= 0.6 is 12.6 Å². The van der Waals surface area contributed by atoms with Gasteiger partial charge in [0.1, 0.15) is 5.82 Å². The second kappa shape index (κ2) is 4.72. The van der Waals surface area contributed by atoms with Gasteiger partial charge in [-0.25, -0.2) is 0 Å². The molecule has 0 bridgehead atoms. The number of nitrogens with one attached hydrogen (secondary N) is 1. The summed E-state index contributed by atoms with van der Waals surface area (Å²) in [5.74, 6) is 0.234. The number of nitrogens with two attached hydrogens (primary N) is 1. The van der Waals surface area contributed by atoms with Crippen LogP contribution in [0, 0.1) is 22.7 Å². The highest BCUT2D eigenvalue weighted by Gasteiger charge is 2.42. The lowest BCUT2D eigenvalue weighted by atomic mass is 9.70. The SMILES string of the molecule is C[C@]1(c2ccccc2)C(C#N)=C(N)NC(S)=C1C#N. The number of thiol groups is 1. The first-order valence-corrected chi connectivity index (χ1v) is 6.07. The standard InChI is InChI=1S/C14H12N4S/c1-14(9-5-3-2-4-6-9)10(7-15)12(17)18-13(19)11(14)8-16/h2-6,18-19H,17H2,1H3/t14-/m0/s1. The topological polar surface area (TPSA) is 85.6 Å². The number of benzene rings is 1. The normalized spacial score (nSPS) is 22.5. The van der Waals surface area contributed by atoms with Gasteiger partial charge in [0.05, 0.1) is 33.7 Å². The maximum atomic E-state index is 9.39. The quantitative estimate of drug-likeness (QED) is 0.679. The van der Waals surface area contributed by atoms with E-state index in [4.69, 9.17) is 5.73 Å². The number of nitriles is 2. The van der Waals surface area contributed by atoms with Crippen molar-refractivity contribution in [2.24, 2.45) is 5.73 Å². The fourth-order valence-corrected chi connectivity index (χ4v) is 2.67. The number of hydrogen-bond donors (Lipinski definition) is 3. The Kier molecular flexibility index (Phi) is 3.25. The van der Waals surface area contributed by atoms with E-state index < -0.39 is 5.41 Å². The van der Waals surface area contributed by atoms with Gasteiger partial charge in [0.15, 0.2) is 0 Å². The predicted molar refractivity (Wildman–Crippen MR) is 75.4 cm³/mol. The van der Waals surface area contributed by atoms with Crippen LogP contribution in [0.1, 0.15) is 12.5 Å². The van der Waals surface area contributed by atoms with Crippen molar-refractivity contribution in [3.8, 4) is 12.1 Å². The van der Waals surface area contributed by atoms with Crippen molar-refractivity contribution in [1.82, 2.24) is 5.32 Å². The van der Waals surface area contributed by atoms with E-state index in [-0.39, 0.29) is 5.82 Å². The van der Waals surface area contributed by atoms with Crippen LogP contribution in [0.3, 0.4) is 0 Å². The minimum atomic E-state index is -0.878. The number of rotatable bonds is 1. The average molecular weight is 268 g/mol. The molecule has 0 saturated heterocycles. The van der Waals surface area contributed by atoms with E-state index in [0.29, 0.717) is 16.2 Å². The first kappa shape index (κ1) is 13.1. The molecule has 0 amide bonds. The fraction of sp³-hybridized carbons (Fsp3) is 0.143. The summed E-state index contributed by atoms with van der Waals surface area (Å²) in [6.45, 7) is 1.81. The van der Waals surface area contributed by atoms with Crippen LogP contribution in [0.5, 0.6) is 0 Å². The summed E-state index contributed by atoms with van der Waals surface area (Å²) in [4.78, 5) is 0. The van der Waals surface area contributed by atoms with Gasteiger partial charge in [0.2, 0.25) is 0 Å². The number of allylic oxidation sites excluding steroid dienone is 2. The molecule has 0 aromatic heterocycles. The molecule has 0 saturated carbocycles. The van der Waals surface area contributed by atoms with E-state index in [9.17, 15) is 10.5 Å². The summed E-state index contributed by atoms with van der Waals surface area (Å²) >= 11 is 4.26. The van der Waals surface area contributed by atoms with Crippen molar-refractivity contribution in [3.63, 3.8) is 0 Å². The monoisotopic (exact) mass is 268 g/mol. The summed E-state index contributed by atoms with van der Waals surface area (Å²) in [6, 6.07) is 13.6. The third kappa shape index (κ3) is 1.85. The molecule has 0 spiro atoms. The van der Waals surface area contributed by atoms with Crippen molar-refractivity contribution < 1.29 is 0 Å².